The highest BCUT2D eigenvalue weighted by molar-refractivity contribution is 5.50. The number of hydrogen-bond acceptors (Lipinski definition) is 5. The Balaban J connectivity index is 1.80. The third kappa shape index (κ3) is 2.80. The SMILES string of the molecule is COc1cc(OC)c(CN2CC3CNCC3C2)c(OC)c1. The number of nitrogens with zero attached hydrogens (tertiary/aromatic N) is 1. The van der Waals surface area contributed by atoms with E-state index in [0.29, 0.717) is 0 Å². The van der Waals surface area contributed by atoms with Gasteiger partial charge in [-0.05, 0) is 24.9 Å². The minimum atomic E-state index is 0.759. The van der Waals surface area contributed by atoms with Crippen LogP contribution in [-0.4, -0.2) is 52.4 Å². The molecule has 116 valence electrons. The molecule has 0 amide bonds. The molecule has 0 aliphatic carbocycles. The highest BCUT2D eigenvalue weighted by Gasteiger charge is 2.36. The lowest BCUT2D eigenvalue weighted by Crippen LogP contribution is -2.25. The van der Waals surface area contributed by atoms with Crippen LogP contribution in [0.3, 0.4) is 0 Å². The Morgan fingerprint density at radius 1 is 1.00 bits per heavy atom. The van der Waals surface area contributed by atoms with Crippen molar-refractivity contribution >= 4 is 0 Å². The van der Waals surface area contributed by atoms with Crippen molar-refractivity contribution in [1.29, 1.82) is 0 Å². The lowest BCUT2D eigenvalue weighted by atomic mass is 10.0. The first kappa shape index (κ1) is 14.5. The lowest BCUT2D eigenvalue weighted by molar-refractivity contribution is 0.288. The number of nitrogens with one attached hydrogen (secondary N) is 1. The second-order valence-corrected chi connectivity index (χ2v) is 5.88. The molecule has 0 saturated carbocycles. The number of hydrogen-bond donors (Lipinski definition) is 1. The predicted molar refractivity (Wildman–Crippen MR) is 81.2 cm³/mol. The lowest BCUT2D eigenvalue weighted by Gasteiger charge is -2.21. The highest BCUT2D eigenvalue weighted by Crippen LogP contribution is 2.36. The molecule has 0 bridgehead atoms. The van der Waals surface area contributed by atoms with Gasteiger partial charge in [0.15, 0.2) is 0 Å². The molecule has 21 heavy (non-hydrogen) atoms. The Kier molecular flexibility index (Phi) is 4.22. The fraction of sp³-hybridized carbons (Fsp3) is 0.625. The summed E-state index contributed by atoms with van der Waals surface area (Å²) in [6.45, 7) is 5.46. The zero-order chi connectivity index (χ0) is 14.8. The van der Waals surface area contributed by atoms with E-state index < -0.39 is 0 Å². The van der Waals surface area contributed by atoms with Gasteiger partial charge in [-0.2, -0.15) is 0 Å². The number of likely N-dealkylation sites (tertiary alicyclic amines) is 1. The van der Waals surface area contributed by atoms with Gasteiger partial charge in [-0.25, -0.2) is 0 Å². The summed E-state index contributed by atoms with van der Waals surface area (Å²) in [5, 5.41) is 3.48. The summed E-state index contributed by atoms with van der Waals surface area (Å²) >= 11 is 0. The smallest absolute Gasteiger partial charge is 0.130 e. The van der Waals surface area contributed by atoms with Gasteiger partial charge in [0.1, 0.15) is 17.2 Å². The third-order valence-corrected chi connectivity index (χ3v) is 4.66. The minimum Gasteiger partial charge on any atom is -0.496 e. The van der Waals surface area contributed by atoms with Gasteiger partial charge in [0.2, 0.25) is 0 Å². The van der Waals surface area contributed by atoms with Crippen LogP contribution >= 0.6 is 0 Å². The molecule has 1 N–H and O–H groups in total. The molecule has 5 nitrogen and oxygen atoms in total. The average molecular weight is 292 g/mol. The molecular weight excluding hydrogens is 268 g/mol. The monoisotopic (exact) mass is 292 g/mol. The van der Waals surface area contributed by atoms with Crippen LogP contribution in [0.2, 0.25) is 0 Å². The van der Waals surface area contributed by atoms with Crippen LogP contribution < -0.4 is 19.5 Å². The van der Waals surface area contributed by atoms with Crippen molar-refractivity contribution in [3.05, 3.63) is 17.7 Å². The summed E-state index contributed by atoms with van der Waals surface area (Å²) in [4.78, 5) is 2.50. The largest absolute Gasteiger partial charge is 0.496 e. The molecule has 3 rings (SSSR count). The Hall–Kier alpha value is -1.46. The van der Waals surface area contributed by atoms with Crippen molar-refractivity contribution < 1.29 is 14.2 Å². The first-order chi connectivity index (χ1) is 10.2. The summed E-state index contributed by atoms with van der Waals surface area (Å²) < 4.78 is 16.4. The summed E-state index contributed by atoms with van der Waals surface area (Å²) in [7, 11) is 5.04. The summed E-state index contributed by atoms with van der Waals surface area (Å²) in [6, 6.07) is 3.85. The number of ether oxygens (including phenoxy) is 3. The van der Waals surface area contributed by atoms with Gasteiger partial charge < -0.3 is 19.5 Å². The van der Waals surface area contributed by atoms with Gasteiger partial charge in [-0.3, -0.25) is 4.90 Å². The molecule has 2 saturated heterocycles. The van der Waals surface area contributed by atoms with Crippen molar-refractivity contribution in [3.8, 4) is 17.2 Å². The third-order valence-electron chi connectivity index (χ3n) is 4.66. The summed E-state index contributed by atoms with van der Waals surface area (Å²) in [5.74, 6) is 4.01. The van der Waals surface area contributed by atoms with Crippen molar-refractivity contribution in [2.75, 3.05) is 47.5 Å². The summed E-state index contributed by atoms with van der Waals surface area (Å²) in [5.41, 5.74) is 1.11. The van der Waals surface area contributed by atoms with Crippen LogP contribution in [0.25, 0.3) is 0 Å². The quantitative estimate of drug-likeness (QED) is 0.888. The van der Waals surface area contributed by atoms with Crippen molar-refractivity contribution in [2.45, 2.75) is 6.54 Å². The van der Waals surface area contributed by atoms with E-state index in [2.05, 4.69) is 10.2 Å². The molecule has 2 atom stereocenters. The standard InChI is InChI=1S/C16H24N2O3/c1-19-13-4-15(20-2)14(16(5-13)21-3)10-18-8-11-6-17-7-12(11)9-18/h4-5,11-12,17H,6-10H2,1-3H3. The van der Waals surface area contributed by atoms with Gasteiger partial charge in [-0.1, -0.05) is 0 Å². The molecule has 1 aromatic carbocycles. The minimum absolute atomic E-state index is 0.759. The Morgan fingerprint density at radius 2 is 1.57 bits per heavy atom. The molecular formula is C16H24N2O3. The molecule has 0 aromatic heterocycles. The van der Waals surface area contributed by atoms with Crippen LogP contribution in [0.5, 0.6) is 17.2 Å². The fourth-order valence-electron chi connectivity index (χ4n) is 3.54. The number of fused-ring (bicyclic) bond motifs is 1. The Bertz CT molecular complexity index is 469. The van der Waals surface area contributed by atoms with Crippen molar-refractivity contribution in [2.24, 2.45) is 11.8 Å². The highest BCUT2D eigenvalue weighted by atomic mass is 16.5. The van der Waals surface area contributed by atoms with Crippen molar-refractivity contribution in [3.63, 3.8) is 0 Å². The number of methoxy groups -OCH3 is 3. The topological polar surface area (TPSA) is 43.0 Å². The Labute approximate surface area is 126 Å². The van der Waals surface area contributed by atoms with Crippen molar-refractivity contribution in [1.82, 2.24) is 10.2 Å². The molecule has 2 aliphatic rings. The zero-order valence-corrected chi connectivity index (χ0v) is 13.0. The van der Waals surface area contributed by atoms with E-state index >= 15 is 0 Å². The molecule has 1 aromatic rings. The van der Waals surface area contributed by atoms with Crippen LogP contribution in [0.15, 0.2) is 12.1 Å². The molecule has 0 radical (unpaired) electrons. The molecule has 2 fully saturated rings. The molecule has 2 aliphatic heterocycles. The van der Waals surface area contributed by atoms with Gasteiger partial charge in [-0.15, -0.1) is 0 Å². The van der Waals surface area contributed by atoms with E-state index in [4.69, 9.17) is 14.2 Å². The number of benzene rings is 1. The van der Waals surface area contributed by atoms with E-state index in [9.17, 15) is 0 Å². The Morgan fingerprint density at radius 3 is 2.05 bits per heavy atom. The van der Waals surface area contributed by atoms with Crippen LogP contribution in [-0.2, 0) is 6.54 Å². The van der Waals surface area contributed by atoms with E-state index in [1.807, 2.05) is 12.1 Å². The molecule has 0 spiro atoms. The maximum absolute atomic E-state index is 5.54. The molecule has 2 heterocycles. The van der Waals surface area contributed by atoms with Crippen LogP contribution in [0.1, 0.15) is 5.56 Å². The second kappa shape index (κ2) is 6.12. The maximum Gasteiger partial charge on any atom is 0.130 e. The molecule has 5 heteroatoms. The normalized spacial score (nSPS) is 24.9. The van der Waals surface area contributed by atoms with E-state index in [0.717, 1.165) is 67.4 Å². The van der Waals surface area contributed by atoms with E-state index in [-0.39, 0.29) is 0 Å². The van der Waals surface area contributed by atoms with Crippen LogP contribution in [0.4, 0.5) is 0 Å². The number of rotatable bonds is 5. The van der Waals surface area contributed by atoms with E-state index in [1.54, 1.807) is 21.3 Å². The first-order valence-corrected chi connectivity index (χ1v) is 7.47. The first-order valence-electron chi connectivity index (χ1n) is 7.47. The zero-order valence-electron chi connectivity index (χ0n) is 13.0. The fourth-order valence-corrected chi connectivity index (χ4v) is 3.54. The molecule has 2 unspecified atom stereocenters. The summed E-state index contributed by atoms with van der Waals surface area (Å²) in [6.07, 6.45) is 0. The average Bonchev–Trinajstić information content (AvgIpc) is 3.08. The predicted octanol–water partition coefficient (Wildman–Crippen LogP) is 1.36. The van der Waals surface area contributed by atoms with Gasteiger partial charge in [0, 0.05) is 31.8 Å². The van der Waals surface area contributed by atoms with Gasteiger partial charge in [0.25, 0.3) is 0 Å². The van der Waals surface area contributed by atoms with Gasteiger partial charge >= 0.3 is 0 Å². The van der Waals surface area contributed by atoms with Gasteiger partial charge in [0.05, 0.1) is 26.9 Å². The van der Waals surface area contributed by atoms with E-state index in [1.165, 1.54) is 0 Å². The maximum atomic E-state index is 5.54. The second-order valence-electron chi connectivity index (χ2n) is 5.88. The van der Waals surface area contributed by atoms with Crippen LogP contribution in [0, 0.1) is 11.8 Å².